The van der Waals surface area contributed by atoms with Gasteiger partial charge in [-0.15, -0.1) is 0 Å². The molecular formula is C49H38N4. The van der Waals surface area contributed by atoms with Crippen molar-refractivity contribution in [3.8, 4) is 11.1 Å². The fourth-order valence-corrected chi connectivity index (χ4v) is 8.68. The number of hydrogen-bond donors (Lipinski definition) is 1. The SMILES string of the molecule is CNC(=NC(=NCc1ccccc1)c1ccccc1)n1c2cc3c(cc2c2cc4c5ccccc5c5ccccc5c4cc21)-c1ccccc1C3(C)C. The Morgan fingerprint density at radius 3 is 1.75 bits per heavy atom. The molecule has 8 aromatic carbocycles. The van der Waals surface area contributed by atoms with Crippen LogP contribution in [-0.4, -0.2) is 23.4 Å². The lowest BCUT2D eigenvalue weighted by Crippen LogP contribution is -2.28. The monoisotopic (exact) mass is 682 g/mol. The molecule has 4 nitrogen and oxygen atoms in total. The molecule has 1 heterocycles. The summed E-state index contributed by atoms with van der Waals surface area (Å²) in [4.78, 5) is 10.5. The summed E-state index contributed by atoms with van der Waals surface area (Å²) >= 11 is 0. The Hall–Kier alpha value is -6.52. The first kappa shape index (κ1) is 31.2. The number of aromatic nitrogens is 1. The third-order valence-electron chi connectivity index (χ3n) is 11.3. The highest BCUT2D eigenvalue weighted by Crippen LogP contribution is 2.51. The zero-order valence-electron chi connectivity index (χ0n) is 30.1. The minimum Gasteiger partial charge on any atom is -0.358 e. The van der Waals surface area contributed by atoms with Gasteiger partial charge >= 0.3 is 0 Å². The molecule has 254 valence electrons. The number of aliphatic imine (C=N–C) groups is 2. The summed E-state index contributed by atoms with van der Waals surface area (Å²) in [6, 6.07) is 56.8. The largest absolute Gasteiger partial charge is 0.358 e. The molecule has 0 saturated carbocycles. The van der Waals surface area contributed by atoms with E-state index in [1.54, 1.807) is 0 Å². The molecular weight excluding hydrogens is 645 g/mol. The lowest BCUT2D eigenvalue weighted by molar-refractivity contribution is 0.661. The molecule has 4 heteroatoms. The first-order chi connectivity index (χ1) is 26.0. The van der Waals surface area contributed by atoms with Crippen molar-refractivity contribution in [2.45, 2.75) is 25.8 Å². The van der Waals surface area contributed by atoms with Crippen molar-refractivity contribution in [3.05, 3.63) is 180 Å². The van der Waals surface area contributed by atoms with Gasteiger partial charge in [0.25, 0.3) is 0 Å². The molecule has 53 heavy (non-hydrogen) atoms. The van der Waals surface area contributed by atoms with Gasteiger partial charge in [-0.25, -0.2) is 0 Å². The summed E-state index contributed by atoms with van der Waals surface area (Å²) in [6.07, 6.45) is 0. The smallest absolute Gasteiger partial charge is 0.209 e. The average molecular weight is 683 g/mol. The molecule has 0 unspecified atom stereocenters. The van der Waals surface area contributed by atoms with Gasteiger partial charge in [-0.3, -0.25) is 9.56 Å². The maximum atomic E-state index is 5.40. The van der Waals surface area contributed by atoms with Gasteiger partial charge in [0.15, 0.2) is 5.84 Å². The fourth-order valence-electron chi connectivity index (χ4n) is 8.68. The van der Waals surface area contributed by atoms with Crippen LogP contribution in [0.15, 0.2) is 168 Å². The maximum absolute atomic E-state index is 5.40. The van der Waals surface area contributed by atoms with Crippen LogP contribution in [0.25, 0.3) is 65.3 Å². The molecule has 9 aromatic rings. The molecule has 0 bridgehead atoms. The normalized spacial score (nSPS) is 14.0. The van der Waals surface area contributed by atoms with E-state index in [-0.39, 0.29) is 5.41 Å². The second-order valence-corrected chi connectivity index (χ2v) is 14.6. The molecule has 10 rings (SSSR count). The van der Waals surface area contributed by atoms with E-state index in [1.165, 1.54) is 65.3 Å². The van der Waals surface area contributed by atoms with Crippen molar-refractivity contribution >= 4 is 65.9 Å². The van der Waals surface area contributed by atoms with Crippen LogP contribution in [0.2, 0.25) is 0 Å². The van der Waals surface area contributed by atoms with Crippen molar-refractivity contribution < 1.29 is 0 Å². The summed E-state index contributed by atoms with van der Waals surface area (Å²) < 4.78 is 2.33. The first-order valence-electron chi connectivity index (χ1n) is 18.4. The van der Waals surface area contributed by atoms with Gasteiger partial charge in [-0.2, -0.15) is 4.99 Å². The van der Waals surface area contributed by atoms with Crippen LogP contribution in [0, 0.1) is 0 Å². The second-order valence-electron chi connectivity index (χ2n) is 14.6. The first-order valence-corrected chi connectivity index (χ1v) is 18.4. The van der Waals surface area contributed by atoms with Crippen LogP contribution < -0.4 is 5.32 Å². The van der Waals surface area contributed by atoms with Crippen LogP contribution >= 0.6 is 0 Å². The molecule has 1 aromatic heterocycles. The summed E-state index contributed by atoms with van der Waals surface area (Å²) in [5.41, 5.74) is 9.49. The quantitative estimate of drug-likeness (QED) is 0.112. The van der Waals surface area contributed by atoms with Crippen LogP contribution in [-0.2, 0) is 12.0 Å². The lowest BCUT2D eigenvalue weighted by atomic mass is 9.82. The van der Waals surface area contributed by atoms with Gasteiger partial charge in [0.05, 0.1) is 17.6 Å². The zero-order valence-corrected chi connectivity index (χ0v) is 30.1. The molecule has 0 amide bonds. The Balaban J connectivity index is 1.32. The molecule has 0 radical (unpaired) electrons. The highest BCUT2D eigenvalue weighted by molar-refractivity contribution is 6.29. The summed E-state index contributed by atoms with van der Waals surface area (Å²) in [7, 11) is 1.97. The maximum Gasteiger partial charge on any atom is 0.209 e. The van der Waals surface area contributed by atoms with E-state index in [9.17, 15) is 0 Å². The van der Waals surface area contributed by atoms with E-state index >= 15 is 0 Å². The molecule has 1 aliphatic rings. The molecule has 1 N–H and O–H groups in total. The van der Waals surface area contributed by atoms with Gasteiger partial charge in [0, 0.05) is 28.8 Å². The minimum atomic E-state index is -0.151. The minimum absolute atomic E-state index is 0.151. The van der Waals surface area contributed by atoms with E-state index in [4.69, 9.17) is 9.98 Å². The zero-order chi connectivity index (χ0) is 35.7. The summed E-state index contributed by atoms with van der Waals surface area (Å²) in [6.45, 7) is 5.22. The number of fused-ring (bicyclic) bond motifs is 12. The predicted molar refractivity (Wildman–Crippen MR) is 225 cm³/mol. The fraction of sp³-hybridized carbons (Fsp3) is 0.102. The number of nitrogens with zero attached hydrogens (tertiary/aromatic N) is 3. The van der Waals surface area contributed by atoms with E-state index in [2.05, 4.69) is 157 Å². The number of rotatable bonds is 3. The average Bonchev–Trinajstić information content (AvgIpc) is 3.64. The van der Waals surface area contributed by atoms with Crippen molar-refractivity contribution in [1.82, 2.24) is 9.88 Å². The Bertz CT molecular complexity index is 2970. The molecule has 0 aliphatic heterocycles. The molecule has 0 fully saturated rings. The molecule has 0 atom stereocenters. The number of nitrogens with one attached hydrogen (secondary N) is 1. The third-order valence-corrected chi connectivity index (χ3v) is 11.3. The molecule has 0 spiro atoms. The third kappa shape index (κ3) is 4.83. The van der Waals surface area contributed by atoms with E-state index in [1.807, 2.05) is 31.3 Å². The Kier molecular flexibility index (Phi) is 7.09. The van der Waals surface area contributed by atoms with E-state index in [0.717, 1.165) is 28.1 Å². The van der Waals surface area contributed by atoms with Gasteiger partial charge in [-0.1, -0.05) is 147 Å². The van der Waals surface area contributed by atoms with Crippen LogP contribution in [0.3, 0.4) is 0 Å². The van der Waals surface area contributed by atoms with Crippen molar-refractivity contribution in [2.24, 2.45) is 9.98 Å². The van der Waals surface area contributed by atoms with Gasteiger partial charge in [-0.05, 0) is 84.4 Å². The Morgan fingerprint density at radius 1 is 0.528 bits per heavy atom. The van der Waals surface area contributed by atoms with Gasteiger partial charge in [0.2, 0.25) is 5.96 Å². The Morgan fingerprint density at radius 2 is 1.08 bits per heavy atom. The molecule has 1 aliphatic carbocycles. The van der Waals surface area contributed by atoms with E-state index in [0.29, 0.717) is 12.4 Å². The van der Waals surface area contributed by atoms with Crippen molar-refractivity contribution in [1.29, 1.82) is 0 Å². The number of amidine groups is 1. The predicted octanol–water partition coefficient (Wildman–Crippen LogP) is 11.6. The summed E-state index contributed by atoms with van der Waals surface area (Å²) in [5, 5.41) is 13.5. The second kappa shape index (κ2) is 12.0. The van der Waals surface area contributed by atoms with Crippen LogP contribution in [0.4, 0.5) is 0 Å². The topological polar surface area (TPSA) is 41.7 Å². The highest BCUT2D eigenvalue weighted by Gasteiger charge is 2.36. The lowest BCUT2D eigenvalue weighted by Gasteiger charge is -2.21. The van der Waals surface area contributed by atoms with Gasteiger partial charge < -0.3 is 5.32 Å². The van der Waals surface area contributed by atoms with Crippen LogP contribution in [0.5, 0.6) is 0 Å². The van der Waals surface area contributed by atoms with Gasteiger partial charge in [0.1, 0.15) is 0 Å². The standard InChI is InChI=1S/C49H38N4/c1-49(2)43-25-15-14-24-37(43)40-27-42-41-26-38-35-22-12-10-20-33(35)34-21-11-13-23-36(34)39(38)28-45(41)53(46(42)29-44(40)49)48(50-3)52-47(32-18-8-5-9-19-32)51-30-31-16-6-4-7-17-31/h4-29H,30H2,1-3H3,(H,50,51,52). The number of benzene rings is 8. The summed E-state index contributed by atoms with van der Waals surface area (Å²) in [5.74, 6) is 1.40. The Labute approximate surface area is 308 Å². The van der Waals surface area contributed by atoms with Crippen molar-refractivity contribution in [2.75, 3.05) is 7.05 Å². The van der Waals surface area contributed by atoms with Crippen LogP contribution in [0.1, 0.15) is 36.1 Å². The van der Waals surface area contributed by atoms with Crippen molar-refractivity contribution in [3.63, 3.8) is 0 Å². The van der Waals surface area contributed by atoms with E-state index < -0.39 is 0 Å². The molecule has 0 saturated heterocycles. The highest BCUT2D eigenvalue weighted by atomic mass is 15.2. The number of hydrogen-bond acceptors (Lipinski definition) is 1.